The molecule has 0 fully saturated rings. The van der Waals surface area contributed by atoms with Crippen molar-refractivity contribution in [1.82, 2.24) is 26.6 Å². The van der Waals surface area contributed by atoms with Crippen molar-refractivity contribution in [3.8, 4) is 5.75 Å². The standard InChI is InChI=1S/C39H48FN5O6/c1-25(2)21-30-38(50)45-31(22-26-11-6-5-7-12-26)36(48)41-19-10-20-51-33-14-9-8-13-29(33)35(47)44-32(23-34(46)43-30)37(49)42-24-39(3,4)27-15-17-28(40)18-16-27/h5-9,11-18,25,30-32H,10,19-24H2,1-4H3,(H,41,48)(H,42,49)(H,43,46)(H,44,47)(H,45,50)/t30-,31-,32-/m0/s1. The SMILES string of the molecule is CC(C)C[C@@H]1NC(=O)C[C@@H](C(=O)NCC(C)(C)c2ccc(F)cc2)NC(=O)c2ccccc2OCCCNC(=O)[C@H](Cc2ccccc2)NC1=O. The number of carbonyl (C=O) groups is 5. The van der Waals surface area contributed by atoms with E-state index in [4.69, 9.17) is 4.74 Å². The zero-order chi connectivity index (χ0) is 37.0. The van der Waals surface area contributed by atoms with Crippen LogP contribution in [0.25, 0.3) is 0 Å². The maximum atomic E-state index is 13.7. The largest absolute Gasteiger partial charge is 0.493 e. The van der Waals surface area contributed by atoms with Gasteiger partial charge >= 0.3 is 0 Å². The summed E-state index contributed by atoms with van der Waals surface area (Å²) in [5.74, 6) is -2.95. The first-order chi connectivity index (χ1) is 24.3. The zero-order valence-electron chi connectivity index (χ0n) is 29.6. The van der Waals surface area contributed by atoms with Crippen molar-refractivity contribution in [2.24, 2.45) is 5.92 Å². The van der Waals surface area contributed by atoms with E-state index in [2.05, 4.69) is 26.6 Å². The van der Waals surface area contributed by atoms with Crippen LogP contribution >= 0.6 is 0 Å². The van der Waals surface area contributed by atoms with Crippen molar-refractivity contribution in [3.05, 3.63) is 101 Å². The van der Waals surface area contributed by atoms with Gasteiger partial charge in [0, 0.05) is 24.9 Å². The second-order valence-corrected chi connectivity index (χ2v) is 13.8. The van der Waals surface area contributed by atoms with E-state index in [1.165, 1.54) is 12.1 Å². The number of benzene rings is 3. The van der Waals surface area contributed by atoms with Crippen LogP contribution in [0.2, 0.25) is 0 Å². The molecule has 0 aliphatic carbocycles. The highest BCUT2D eigenvalue weighted by molar-refractivity contribution is 6.01. The molecule has 3 atom stereocenters. The molecule has 272 valence electrons. The lowest BCUT2D eigenvalue weighted by atomic mass is 9.84. The monoisotopic (exact) mass is 701 g/mol. The maximum absolute atomic E-state index is 13.7. The molecule has 11 nitrogen and oxygen atoms in total. The molecule has 3 aromatic carbocycles. The molecule has 1 aliphatic heterocycles. The summed E-state index contributed by atoms with van der Waals surface area (Å²) in [5.41, 5.74) is 1.17. The van der Waals surface area contributed by atoms with E-state index in [0.717, 1.165) is 11.1 Å². The molecule has 0 radical (unpaired) electrons. The minimum atomic E-state index is -1.33. The normalized spacial score (nSPS) is 19.6. The summed E-state index contributed by atoms with van der Waals surface area (Å²) in [5, 5.41) is 14.0. The summed E-state index contributed by atoms with van der Waals surface area (Å²) in [7, 11) is 0. The topological polar surface area (TPSA) is 155 Å². The minimum Gasteiger partial charge on any atom is -0.493 e. The first-order valence-electron chi connectivity index (χ1n) is 17.3. The molecule has 1 heterocycles. The summed E-state index contributed by atoms with van der Waals surface area (Å²) in [6, 6.07) is 18.5. The van der Waals surface area contributed by atoms with Crippen molar-refractivity contribution in [1.29, 1.82) is 0 Å². The van der Waals surface area contributed by atoms with Gasteiger partial charge in [-0.05, 0) is 54.2 Å². The molecule has 0 saturated carbocycles. The molecule has 4 rings (SSSR count). The van der Waals surface area contributed by atoms with E-state index >= 15 is 0 Å². The van der Waals surface area contributed by atoms with Crippen LogP contribution < -0.4 is 31.3 Å². The maximum Gasteiger partial charge on any atom is 0.255 e. The van der Waals surface area contributed by atoms with Crippen LogP contribution in [0.4, 0.5) is 4.39 Å². The molecule has 51 heavy (non-hydrogen) atoms. The zero-order valence-corrected chi connectivity index (χ0v) is 29.6. The molecule has 0 unspecified atom stereocenters. The molecule has 0 saturated heterocycles. The van der Waals surface area contributed by atoms with E-state index in [1.54, 1.807) is 36.4 Å². The Balaban J connectivity index is 1.61. The van der Waals surface area contributed by atoms with Crippen molar-refractivity contribution in [2.45, 2.75) is 76.9 Å². The van der Waals surface area contributed by atoms with E-state index < -0.39 is 53.6 Å². The Bertz CT molecular complexity index is 1660. The molecule has 0 aromatic heterocycles. The third-order valence-electron chi connectivity index (χ3n) is 8.63. The number of ether oxygens (including phenoxy) is 1. The van der Waals surface area contributed by atoms with Gasteiger partial charge in [-0.1, -0.05) is 82.3 Å². The highest BCUT2D eigenvalue weighted by Gasteiger charge is 2.32. The van der Waals surface area contributed by atoms with Crippen LogP contribution in [0.15, 0.2) is 78.9 Å². The van der Waals surface area contributed by atoms with Gasteiger partial charge in [0.05, 0.1) is 18.6 Å². The number of hydrogen-bond donors (Lipinski definition) is 5. The fourth-order valence-electron chi connectivity index (χ4n) is 5.72. The number of carbonyl (C=O) groups excluding carboxylic acids is 5. The first kappa shape index (κ1) is 38.5. The molecular formula is C39H48FN5O6. The summed E-state index contributed by atoms with van der Waals surface area (Å²) < 4.78 is 19.5. The molecule has 0 spiro atoms. The van der Waals surface area contributed by atoms with Gasteiger partial charge in [0.2, 0.25) is 23.6 Å². The summed E-state index contributed by atoms with van der Waals surface area (Å²) in [6.07, 6.45) is 0.423. The second kappa shape index (κ2) is 18.1. The van der Waals surface area contributed by atoms with Gasteiger partial charge in [0.25, 0.3) is 5.91 Å². The van der Waals surface area contributed by atoms with Gasteiger partial charge in [-0.25, -0.2) is 4.39 Å². The number of fused-ring (bicyclic) bond motifs is 1. The number of para-hydroxylation sites is 1. The van der Waals surface area contributed by atoms with E-state index in [-0.39, 0.29) is 61.5 Å². The molecule has 3 aromatic rings. The molecule has 12 heteroatoms. The van der Waals surface area contributed by atoms with Crippen LogP contribution in [0, 0.1) is 11.7 Å². The van der Waals surface area contributed by atoms with Crippen LogP contribution in [0.3, 0.4) is 0 Å². The van der Waals surface area contributed by atoms with Crippen LogP contribution in [-0.4, -0.2) is 67.4 Å². The highest BCUT2D eigenvalue weighted by atomic mass is 19.1. The van der Waals surface area contributed by atoms with Crippen LogP contribution in [0.5, 0.6) is 5.75 Å². The van der Waals surface area contributed by atoms with Crippen molar-refractivity contribution >= 4 is 29.5 Å². The number of rotatable bonds is 8. The van der Waals surface area contributed by atoms with Crippen molar-refractivity contribution < 1.29 is 33.1 Å². The molecule has 5 N–H and O–H groups in total. The average Bonchev–Trinajstić information content (AvgIpc) is 3.09. The Morgan fingerprint density at radius 3 is 2.27 bits per heavy atom. The van der Waals surface area contributed by atoms with E-state index in [1.807, 2.05) is 58.0 Å². The second-order valence-electron chi connectivity index (χ2n) is 13.8. The van der Waals surface area contributed by atoms with Gasteiger partial charge in [-0.2, -0.15) is 0 Å². The van der Waals surface area contributed by atoms with Crippen molar-refractivity contribution in [3.63, 3.8) is 0 Å². The third-order valence-corrected chi connectivity index (χ3v) is 8.63. The highest BCUT2D eigenvalue weighted by Crippen LogP contribution is 2.23. The molecular weight excluding hydrogens is 653 g/mol. The molecule has 0 bridgehead atoms. The summed E-state index contributed by atoms with van der Waals surface area (Å²) in [6.45, 7) is 8.09. The Labute approximate surface area is 298 Å². The predicted molar refractivity (Wildman–Crippen MR) is 191 cm³/mol. The smallest absolute Gasteiger partial charge is 0.255 e. The average molecular weight is 702 g/mol. The van der Waals surface area contributed by atoms with Gasteiger partial charge in [-0.15, -0.1) is 0 Å². The number of nitrogens with one attached hydrogen (secondary N) is 5. The Hall–Kier alpha value is -5.26. The fourth-order valence-corrected chi connectivity index (χ4v) is 5.72. The lowest BCUT2D eigenvalue weighted by Gasteiger charge is -2.28. The summed E-state index contributed by atoms with van der Waals surface area (Å²) in [4.78, 5) is 68.0. The Kier molecular flexibility index (Phi) is 13.7. The molecule has 1 aliphatic rings. The van der Waals surface area contributed by atoms with Gasteiger partial charge in [0.1, 0.15) is 29.7 Å². The first-order valence-corrected chi connectivity index (χ1v) is 17.3. The fraction of sp³-hybridized carbons (Fsp3) is 0.410. The lowest BCUT2D eigenvalue weighted by Crippen LogP contribution is -2.56. The minimum absolute atomic E-state index is 0.00991. The number of halogens is 1. The number of amides is 5. The Morgan fingerprint density at radius 2 is 1.57 bits per heavy atom. The van der Waals surface area contributed by atoms with Gasteiger partial charge in [-0.3, -0.25) is 24.0 Å². The van der Waals surface area contributed by atoms with Crippen molar-refractivity contribution in [2.75, 3.05) is 19.7 Å². The lowest BCUT2D eigenvalue weighted by molar-refractivity contribution is -0.133. The third kappa shape index (κ3) is 11.7. The van der Waals surface area contributed by atoms with Crippen LogP contribution in [-0.2, 0) is 31.0 Å². The van der Waals surface area contributed by atoms with Crippen LogP contribution in [0.1, 0.15) is 68.4 Å². The van der Waals surface area contributed by atoms with E-state index in [0.29, 0.717) is 6.42 Å². The quantitative estimate of drug-likeness (QED) is 0.242. The van der Waals surface area contributed by atoms with Gasteiger partial charge < -0.3 is 31.3 Å². The Morgan fingerprint density at radius 1 is 0.882 bits per heavy atom. The molecule has 5 amide bonds. The summed E-state index contributed by atoms with van der Waals surface area (Å²) >= 11 is 0. The predicted octanol–water partition coefficient (Wildman–Crippen LogP) is 3.57. The number of hydrogen-bond acceptors (Lipinski definition) is 6. The van der Waals surface area contributed by atoms with E-state index in [9.17, 15) is 28.4 Å². The van der Waals surface area contributed by atoms with Gasteiger partial charge in [0.15, 0.2) is 0 Å².